The topological polar surface area (TPSA) is 80.7 Å². The van der Waals surface area contributed by atoms with Crippen molar-refractivity contribution < 1.29 is 23.1 Å². The van der Waals surface area contributed by atoms with Crippen LogP contribution in [0.2, 0.25) is 0 Å². The number of methoxy groups -OCH3 is 1. The van der Waals surface area contributed by atoms with Crippen molar-refractivity contribution in [1.82, 2.24) is 0 Å². The summed E-state index contributed by atoms with van der Waals surface area (Å²) < 4.78 is 29.5. The molecular weight excluding hydrogens is 280 g/mol. The Morgan fingerprint density at radius 2 is 1.90 bits per heavy atom. The molecule has 1 aromatic carbocycles. The van der Waals surface area contributed by atoms with Gasteiger partial charge in [0.2, 0.25) is 0 Å². The smallest absolute Gasteiger partial charge is 0.339 e. The lowest BCUT2D eigenvalue weighted by Crippen LogP contribution is -2.16. The number of rotatable bonds is 7. The highest BCUT2D eigenvalue weighted by Gasteiger charge is 2.22. The lowest BCUT2D eigenvalue weighted by atomic mass is 10.1. The van der Waals surface area contributed by atoms with E-state index in [0.29, 0.717) is 0 Å². The third-order valence-electron chi connectivity index (χ3n) is 3.37. The lowest BCUT2D eigenvalue weighted by molar-refractivity contribution is 0.0693. The Labute approximate surface area is 119 Å². The third kappa shape index (κ3) is 3.72. The van der Waals surface area contributed by atoms with E-state index in [4.69, 9.17) is 9.84 Å². The molecule has 0 amide bonds. The molecule has 0 aromatic heterocycles. The van der Waals surface area contributed by atoms with E-state index in [9.17, 15) is 13.2 Å². The number of benzene rings is 1. The molecule has 0 aliphatic heterocycles. The molecular formula is C14H20O5S. The second-order valence-electron chi connectivity index (χ2n) is 4.63. The number of sulfone groups is 1. The van der Waals surface area contributed by atoms with Gasteiger partial charge >= 0.3 is 5.97 Å². The Bertz CT molecular complexity index is 573. The summed E-state index contributed by atoms with van der Waals surface area (Å²) in [4.78, 5) is 11.1. The minimum Gasteiger partial charge on any atom is -0.496 e. The summed E-state index contributed by atoms with van der Waals surface area (Å²) in [5.74, 6) is -0.943. The van der Waals surface area contributed by atoms with Crippen LogP contribution in [0.4, 0.5) is 0 Å². The number of ether oxygens (including phenoxy) is 1. The van der Waals surface area contributed by atoms with Gasteiger partial charge in [-0.3, -0.25) is 0 Å². The van der Waals surface area contributed by atoms with E-state index in [1.165, 1.54) is 25.3 Å². The van der Waals surface area contributed by atoms with Crippen LogP contribution in [0.5, 0.6) is 5.75 Å². The molecule has 112 valence electrons. The van der Waals surface area contributed by atoms with Gasteiger partial charge in [0.25, 0.3) is 0 Å². The van der Waals surface area contributed by atoms with E-state index >= 15 is 0 Å². The Morgan fingerprint density at radius 3 is 2.35 bits per heavy atom. The fourth-order valence-corrected chi connectivity index (χ4v) is 3.84. The van der Waals surface area contributed by atoms with Crippen molar-refractivity contribution in [1.29, 1.82) is 0 Å². The molecule has 0 saturated carbocycles. The minimum absolute atomic E-state index is 0.0302. The Balaban J connectivity index is 3.19. The van der Waals surface area contributed by atoms with E-state index in [2.05, 4.69) is 0 Å². The average molecular weight is 300 g/mol. The van der Waals surface area contributed by atoms with Gasteiger partial charge in [-0.05, 0) is 24.1 Å². The van der Waals surface area contributed by atoms with Crippen LogP contribution in [-0.4, -0.2) is 32.4 Å². The Kier molecular flexibility index (Phi) is 5.56. The molecule has 0 radical (unpaired) electrons. The van der Waals surface area contributed by atoms with E-state index in [-0.39, 0.29) is 27.9 Å². The van der Waals surface area contributed by atoms with E-state index in [1.54, 1.807) is 0 Å². The van der Waals surface area contributed by atoms with Crippen LogP contribution in [0, 0.1) is 5.92 Å². The van der Waals surface area contributed by atoms with Crippen molar-refractivity contribution >= 4 is 15.8 Å². The maximum absolute atomic E-state index is 12.3. The molecule has 0 spiro atoms. The highest BCUT2D eigenvalue weighted by molar-refractivity contribution is 7.91. The molecule has 1 rings (SSSR count). The van der Waals surface area contributed by atoms with Crippen LogP contribution in [0.25, 0.3) is 0 Å². The normalized spacial score (nSPS) is 11.6. The van der Waals surface area contributed by atoms with Crippen LogP contribution in [0.15, 0.2) is 23.1 Å². The summed E-state index contributed by atoms with van der Waals surface area (Å²) >= 11 is 0. The third-order valence-corrected chi connectivity index (χ3v) is 5.25. The molecule has 0 atom stereocenters. The minimum atomic E-state index is -3.48. The summed E-state index contributed by atoms with van der Waals surface area (Å²) in [7, 11) is -2.14. The van der Waals surface area contributed by atoms with Crippen LogP contribution >= 0.6 is 0 Å². The quantitative estimate of drug-likeness (QED) is 0.837. The predicted octanol–water partition coefficient (Wildman–Crippen LogP) is 2.60. The predicted molar refractivity (Wildman–Crippen MR) is 76.1 cm³/mol. The lowest BCUT2D eigenvalue weighted by Gasteiger charge is -2.13. The molecule has 0 aliphatic rings. The van der Waals surface area contributed by atoms with Gasteiger partial charge < -0.3 is 9.84 Å². The molecule has 20 heavy (non-hydrogen) atoms. The molecule has 5 nitrogen and oxygen atoms in total. The molecule has 1 aromatic rings. The van der Waals surface area contributed by atoms with E-state index in [1.807, 2.05) is 13.8 Å². The molecule has 0 heterocycles. The van der Waals surface area contributed by atoms with Crippen molar-refractivity contribution in [3.8, 4) is 5.75 Å². The monoisotopic (exact) mass is 300 g/mol. The van der Waals surface area contributed by atoms with Gasteiger partial charge in [0.15, 0.2) is 9.84 Å². The summed E-state index contributed by atoms with van der Waals surface area (Å²) in [5, 5.41) is 9.09. The van der Waals surface area contributed by atoms with Gasteiger partial charge in [0.1, 0.15) is 11.3 Å². The molecule has 0 unspecified atom stereocenters. The number of hydrogen-bond acceptors (Lipinski definition) is 4. The van der Waals surface area contributed by atoms with Crippen molar-refractivity contribution in [2.45, 2.75) is 31.6 Å². The second-order valence-corrected chi connectivity index (χ2v) is 6.67. The van der Waals surface area contributed by atoms with Crippen LogP contribution in [-0.2, 0) is 9.84 Å². The first-order valence-corrected chi connectivity index (χ1v) is 8.15. The molecule has 0 aliphatic carbocycles. The van der Waals surface area contributed by atoms with Crippen LogP contribution < -0.4 is 4.74 Å². The highest BCUT2D eigenvalue weighted by atomic mass is 32.2. The summed E-state index contributed by atoms with van der Waals surface area (Å²) in [6.07, 6.45) is 1.55. The first-order chi connectivity index (χ1) is 9.35. The van der Waals surface area contributed by atoms with Crippen LogP contribution in [0.3, 0.4) is 0 Å². The van der Waals surface area contributed by atoms with Gasteiger partial charge in [-0.1, -0.05) is 26.7 Å². The number of carboxylic acids is 1. The maximum Gasteiger partial charge on any atom is 0.339 e. The molecule has 0 bridgehead atoms. The first-order valence-electron chi connectivity index (χ1n) is 6.49. The van der Waals surface area contributed by atoms with Gasteiger partial charge in [-0.15, -0.1) is 0 Å². The van der Waals surface area contributed by atoms with Crippen molar-refractivity contribution in [2.24, 2.45) is 5.92 Å². The van der Waals surface area contributed by atoms with Crippen molar-refractivity contribution in [3.63, 3.8) is 0 Å². The molecule has 6 heteroatoms. The Hall–Kier alpha value is -1.56. The fraction of sp³-hybridized carbons (Fsp3) is 0.500. The maximum atomic E-state index is 12.3. The Morgan fingerprint density at radius 1 is 1.30 bits per heavy atom. The zero-order valence-corrected chi connectivity index (χ0v) is 12.7. The number of hydrogen-bond donors (Lipinski definition) is 1. The SMILES string of the molecule is CCC(CC)CS(=O)(=O)c1ccc(OC)c(C(=O)O)c1. The first kappa shape index (κ1) is 16.5. The summed E-state index contributed by atoms with van der Waals surface area (Å²) in [5.41, 5.74) is -0.141. The van der Waals surface area contributed by atoms with Gasteiger partial charge in [-0.25, -0.2) is 13.2 Å². The molecule has 0 fully saturated rings. The highest BCUT2D eigenvalue weighted by Crippen LogP contribution is 2.25. The average Bonchev–Trinajstić information content (AvgIpc) is 2.43. The molecule has 1 N–H and O–H groups in total. The number of carboxylic acid groups (broad SMARTS) is 1. The van der Waals surface area contributed by atoms with Gasteiger partial charge in [0.05, 0.1) is 17.8 Å². The van der Waals surface area contributed by atoms with E-state index < -0.39 is 15.8 Å². The standard InChI is InChI=1S/C14H20O5S/c1-4-10(5-2)9-20(17,18)11-6-7-13(19-3)12(8-11)14(15)16/h6-8,10H,4-5,9H2,1-3H3,(H,15,16). The van der Waals surface area contributed by atoms with Crippen LogP contribution in [0.1, 0.15) is 37.0 Å². The van der Waals surface area contributed by atoms with Crippen molar-refractivity contribution in [2.75, 3.05) is 12.9 Å². The zero-order valence-electron chi connectivity index (χ0n) is 11.9. The van der Waals surface area contributed by atoms with Crippen molar-refractivity contribution in [3.05, 3.63) is 23.8 Å². The zero-order chi connectivity index (χ0) is 15.3. The number of carbonyl (C=O) groups is 1. The fourth-order valence-electron chi connectivity index (χ4n) is 1.98. The largest absolute Gasteiger partial charge is 0.496 e. The summed E-state index contributed by atoms with van der Waals surface area (Å²) in [6.45, 7) is 3.89. The van der Waals surface area contributed by atoms with Gasteiger partial charge in [-0.2, -0.15) is 0 Å². The number of aromatic carboxylic acids is 1. The summed E-state index contributed by atoms with van der Waals surface area (Å²) in [6, 6.07) is 3.94. The van der Waals surface area contributed by atoms with E-state index in [0.717, 1.165) is 12.8 Å². The second kappa shape index (κ2) is 6.74. The van der Waals surface area contributed by atoms with Gasteiger partial charge in [0, 0.05) is 0 Å². The molecule has 0 saturated heterocycles.